The maximum absolute atomic E-state index is 8.88. The van der Waals surface area contributed by atoms with Crippen LogP contribution in [0.2, 0.25) is 0 Å². The van der Waals surface area contributed by atoms with Crippen molar-refractivity contribution in [3.63, 3.8) is 0 Å². The first-order valence-electron chi connectivity index (χ1n) is 5.81. The summed E-state index contributed by atoms with van der Waals surface area (Å²) in [5, 5.41) is 35.3. The van der Waals surface area contributed by atoms with E-state index in [1.165, 1.54) is 0 Å². The summed E-state index contributed by atoms with van der Waals surface area (Å²) in [6.45, 7) is -0.153. The van der Waals surface area contributed by atoms with Crippen molar-refractivity contribution in [1.29, 1.82) is 0 Å². The number of aliphatic hydroxyl groups is 4. The molecule has 19 heavy (non-hydrogen) atoms. The van der Waals surface area contributed by atoms with E-state index in [0.29, 0.717) is 0 Å². The van der Waals surface area contributed by atoms with Gasteiger partial charge in [-0.05, 0) is 12.1 Å². The van der Waals surface area contributed by atoms with E-state index < -0.39 is 24.6 Å². The van der Waals surface area contributed by atoms with E-state index in [0.717, 1.165) is 11.0 Å². The Morgan fingerprint density at radius 1 is 1.11 bits per heavy atom. The fourth-order valence-electron chi connectivity index (χ4n) is 1.67. The van der Waals surface area contributed by atoms with Gasteiger partial charge in [-0.15, -0.1) is 0 Å². The Bertz CT molecular complexity index is 473. The number of nitrogens with zero attached hydrogens (tertiary/aromatic N) is 1. The van der Waals surface area contributed by atoms with Crippen molar-refractivity contribution in [2.24, 2.45) is 0 Å². The third-order valence-corrected chi connectivity index (χ3v) is 2.80. The van der Waals surface area contributed by atoms with Crippen LogP contribution in [-0.4, -0.2) is 61.6 Å². The Balaban J connectivity index is 0.000000141. The molecule has 5 N–H and O–H groups in total. The monoisotopic (exact) mass is 268 g/mol. The van der Waals surface area contributed by atoms with Crippen LogP contribution in [0.15, 0.2) is 30.6 Å². The van der Waals surface area contributed by atoms with E-state index in [1.807, 2.05) is 24.3 Å². The van der Waals surface area contributed by atoms with Gasteiger partial charge in [-0.3, -0.25) is 0 Å². The van der Waals surface area contributed by atoms with E-state index in [2.05, 4.69) is 14.7 Å². The highest BCUT2D eigenvalue weighted by molar-refractivity contribution is 5.73. The van der Waals surface area contributed by atoms with Gasteiger partial charge in [0.2, 0.25) is 0 Å². The van der Waals surface area contributed by atoms with Crippen LogP contribution in [0.25, 0.3) is 11.0 Å². The number of hydrogen-bond donors (Lipinski definition) is 5. The highest BCUT2D eigenvalue weighted by atomic mass is 16.6. The highest BCUT2D eigenvalue weighted by Crippen LogP contribution is 2.12. The summed E-state index contributed by atoms with van der Waals surface area (Å²) in [5.74, 6) is 0. The Kier molecular flexibility index (Phi) is 4.46. The fourth-order valence-corrected chi connectivity index (χ4v) is 1.67. The molecule has 1 aromatic carbocycles. The molecule has 1 aliphatic heterocycles. The van der Waals surface area contributed by atoms with Gasteiger partial charge in [0.05, 0.1) is 24.0 Å². The molecule has 4 atom stereocenters. The standard InChI is InChI=1S/C7H6N2.C5H10O5/c1-2-4-7-6(3-1)8-5-9-7;6-2-1-10-5(9)4(8)3(2)7/h1-5H,(H,8,9);2-9H,1H2/t;2-,3-,4-,5?/m.0/s1. The zero-order chi connectivity index (χ0) is 13.8. The van der Waals surface area contributed by atoms with Crippen LogP contribution < -0.4 is 0 Å². The van der Waals surface area contributed by atoms with Gasteiger partial charge in [-0.25, -0.2) is 4.98 Å². The van der Waals surface area contributed by atoms with Crippen LogP contribution in [0.4, 0.5) is 0 Å². The zero-order valence-electron chi connectivity index (χ0n) is 10.0. The minimum absolute atomic E-state index is 0.153. The average Bonchev–Trinajstić information content (AvgIpc) is 2.90. The summed E-state index contributed by atoms with van der Waals surface area (Å²) in [5.41, 5.74) is 2.12. The number of rotatable bonds is 0. The van der Waals surface area contributed by atoms with Gasteiger partial charge in [-0.1, -0.05) is 12.1 Å². The lowest BCUT2D eigenvalue weighted by Gasteiger charge is -2.31. The molecule has 3 rings (SSSR count). The van der Waals surface area contributed by atoms with Crippen molar-refractivity contribution in [3.05, 3.63) is 30.6 Å². The fraction of sp³-hybridized carbons (Fsp3) is 0.417. The molecule has 7 nitrogen and oxygen atoms in total. The number of para-hydroxylation sites is 2. The molecule has 7 heteroatoms. The predicted molar refractivity (Wildman–Crippen MR) is 66.1 cm³/mol. The van der Waals surface area contributed by atoms with Crippen LogP contribution in [-0.2, 0) is 4.74 Å². The third-order valence-electron chi connectivity index (χ3n) is 2.80. The van der Waals surface area contributed by atoms with E-state index >= 15 is 0 Å². The summed E-state index contributed by atoms with van der Waals surface area (Å²) < 4.78 is 4.47. The second-order valence-electron chi connectivity index (χ2n) is 4.19. The minimum atomic E-state index is -1.41. The van der Waals surface area contributed by atoms with Gasteiger partial charge in [0.15, 0.2) is 6.29 Å². The van der Waals surface area contributed by atoms with Gasteiger partial charge in [0, 0.05) is 0 Å². The minimum Gasteiger partial charge on any atom is -0.388 e. The van der Waals surface area contributed by atoms with Crippen molar-refractivity contribution in [3.8, 4) is 0 Å². The molecule has 1 saturated heterocycles. The summed E-state index contributed by atoms with van der Waals surface area (Å²) in [4.78, 5) is 7.07. The lowest BCUT2D eigenvalue weighted by Crippen LogP contribution is -2.52. The van der Waals surface area contributed by atoms with Gasteiger partial charge in [0.25, 0.3) is 0 Å². The number of fused-ring (bicyclic) bond motifs is 1. The number of hydrogen-bond acceptors (Lipinski definition) is 6. The first kappa shape index (κ1) is 13.9. The molecule has 0 saturated carbocycles. The Morgan fingerprint density at radius 2 is 1.84 bits per heavy atom. The zero-order valence-corrected chi connectivity index (χ0v) is 10.0. The number of imidazole rings is 1. The second-order valence-corrected chi connectivity index (χ2v) is 4.19. The molecule has 1 aliphatic rings. The smallest absolute Gasteiger partial charge is 0.183 e. The Labute approximate surface area is 109 Å². The molecular weight excluding hydrogens is 252 g/mol. The van der Waals surface area contributed by atoms with Crippen LogP contribution >= 0.6 is 0 Å². The number of aromatic amines is 1. The number of H-pyrrole nitrogens is 1. The predicted octanol–water partition coefficient (Wildman–Crippen LogP) is -1.02. The van der Waals surface area contributed by atoms with E-state index in [9.17, 15) is 0 Å². The van der Waals surface area contributed by atoms with Crippen molar-refractivity contribution in [2.75, 3.05) is 6.61 Å². The quantitative estimate of drug-likeness (QED) is 0.417. The number of aliphatic hydroxyl groups excluding tert-OH is 4. The molecule has 0 aliphatic carbocycles. The molecule has 1 fully saturated rings. The van der Waals surface area contributed by atoms with Crippen LogP contribution in [0.1, 0.15) is 0 Å². The molecule has 0 bridgehead atoms. The van der Waals surface area contributed by atoms with E-state index in [-0.39, 0.29) is 6.61 Å². The molecule has 0 amide bonds. The average molecular weight is 268 g/mol. The molecule has 2 aromatic rings. The highest BCUT2D eigenvalue weighted by Gasteiger charge is 2.36. The number of benzene rings is 1. The third kappa shape index (κ3) is 3.28. The Hall–Kier alpha value is -1.51. The largest absolute Gasteiger partial charge is 0.388 e. The van der Waals surface area contributed by atoms with Gasteiger partial charge < -0.3 is 30.1 Å². The second kappa shape index (κ2) is 6.09. The van der Waals surface area contributed by atoms with Gasteiger partial charge >= 0.3 is 0 Å². The summed E-state index contributed by atoms with van der Waals surface area (Å²) in [6, 6.07) is 7.94. The van der Waals surface area contributed by atoms with Crippen molar-refractivity contribution >= 4 is 11.0 Å². The first-order chi connectivity index (χ1) is 9.09. The normalized spacial score (nSPS) is 30.7. The molecule has 2 heterocycles. The lowest BCUT2D eigenvalue weighted by atomic mass is 10.1. The Morgan fingerprint density at radius 3 is 2.53 bits per heavy atom. The van der Waals surface area contributed by atoms with Gasteiger partial charge in [-0.2, -0.15) is 0 Å². The summed E-state index contributed by atoms with van der Waals surface area (Å²) in [6.07, 6.45) is -3.53. The SMILES string of the molecule is OC1OC[C@H](O)[C@H](O)[C@@H]1O.c1ccc2[nH]cnc2c1. The summed E-state index contributed by atoms with van der Waals surface area (Å²) in [7, 11) is 0. The molecule has 1 aromatic heterocycles. The molecule has 104 valence electrons. The lowest BCUT2D eigenvalue weighted by molar-refractivity contribution is -0.252. The van der Waals surface area contributed by atoms with Crippen LogP contribution in [0, 0.1) is 0 Å². The molecule has 1 unspecified atom stereocenters. The van der Waals surface area contributed by atoms with Crippen molar-refractivity contribution in [2.45, 2.75) is 24.6 Å². The topological polar surface area (TPSA) is 119 Å². The maximum Gasteiger partial charge on any atom is 0.183 e. The number of nitrogens with one attached hydrogen (secondary N) is 1. The van der Waals surface area contributed by atoms with Gasteiger partial charge in [0.1, 0.15) is 18.3 Å². The van der Waals surface area contributed by atoms with Crippen LogP contribution in [0.3, 0.4) is 0 Å². The number of ether oxygens (including phenoxy) is 1. The van der Waals surface area contributed by atoms with Crippen molar-refractivity contribution in [1.82, 2.24) is 9.97 Å². The van der Waals surface area contributed by atoms with E-state index in [4.69, 9.17) is 20.4 Å². The van der Waals surface area contributed by atoms with Crippen molar-refractivity contribution < 1.29 is 25.2 Å². The molecular formula is C12H16N2O5. The first-order valence-corrected chi connectivity index (χ1v) is 5.81. The maximum atomic E-state index is 8.88. The van der Waals surface area contributed by atoms with E-state index in [1.54, 1.807) is 6.33 Å². The summed E-state index contributed by atoms with van der Waals surface area (Å²) >= 11 is 0. The molecule has 0 radical (unpaired) electrons. The van der Waals surface area contributed by atoms with Crippen LogP contribution in [0.5, 0.6) is 0 Å². The number of aromatic nitrogens is 2. The molecule has 0 spiro atoms.